The molecule has 0 saturated carbocycles. The number of aryl methyl sites for hydroxylation is 1. The van der Waals surface area contributed by atoms with Crippen molar-refractivity contribution in [3.63, 3.8) is 0 Å². The number of hydrogen-bond donors (Lipinski definition) is 1. The quantitative estimate of drug-likeness (QED) is 0.903. The van der Waals surface area contributed by atoms with E-state index in [1.807, 2.05) is 11.3 Å². The Morgan fingerprint density at radius 3 is 2.68 bits per heavy atom. The minimum absolute atomic E-state index is 0.0387. The Labute approximate surface area is 118 Å². The van der Waals surface area contributed by atoms with Gasteiger partial charge in [-0.15, -0.1) is 11.3 Å². The molecule has 1 atom stereocenters. The van der Waals surface area contributed by atoms with E-state index in [1.54, 1.807) is 0 Å². The van der Waals surface area contributed by atoms with E-state index in [4.69, 9.17) is 10.7 Å². The van der Waals surface area contributed by atoms with Gasteiger partial charge in [0.05, 0.1) is 5.69 Å². The van der Waals surface area contributed by atoms with E-state index in [-0.39, 0.29) is 11.5 Å². The molecule has 0 fully saturated rings. The average molecular weight is 272 g/mol. The maximum atomic E-state index is 6.21. The number of benzene rings is 1. The third kappa shape index (κ3) is 2.21. The molecule has 1 heterocycles. The first-order valence-corrected chi connectivity index (χ1v) is 7.72. The van der Waals surface area contributed by atoms with Crippen LogP contribution in [-0.4, -0.2) is 4.98 Å². The lowest BCUT2D eigenvalue weighted by atomic mass is 9.85. The third-order valence-electron chi connectivity index (χ3n) is 4.02. The van der Waals surface area contributed by atoms with Gasteiger partial charge in [0.25, 0.3) is 0 Å². The highest BCUT2D eigenvalue weighted by Gasteiger charge is 2.30. The van der Waals surface area contributed by atoms with Crippen molar-refractivity contribution in [2.24, 2.45) is 5.73 Å². The van der Waals surface area contributed by atoms with Gasteiger partial charge in [-0.3, -0.25) is 0 Å². The fourth-order valence-electron chi connectivity index (χ4n) is 2.70. The second-order valence-corrected chi connectivity index (χ2v) is 6.85. The van der Waals surface area contributed by atoms with Crippen LogP contribution < -0.4 is 5.73 Å². The number of nitrogens with zero attached hydrogens (tertiary/aromatic N) is 1. The van der Waals surface area contributed by atoms with E-state index < -0.39 is 0 Å². The van der Waals surface area contributed by atoms with Crippen molar-refractivity contribution in [2.45, 2.75) is 44.6 Å². The normalized spacial score (nSPS) is 19.2. The number of thiazole rings is 1. The summed E-state index contributed by atoms with van der Waals surface area (Å²) in [5.74, 6) is 0. The van der Waals surface area contributed by atoms with E-state index >= 15 is 0 Å². The molecule has 3 heteroatoms. The summed E-state index contributed by atoms with van der Waals surface area (Å²) < 4.78 is 0. The molecule has 100 valence electrons. The first-order valence-electron chi connectivity index (χ1n) is 6.90. The fourth-order valence-corrected chi connectivity index (χ4v) is 3.97. The monoisotopic (exact) mass is 272 g/mol. The van der Waals surface area contributed by atoms with Gasteiger partial charge in [-0.1, -0.05) is 30.3 Å². The van der Waals surface area contributed by atoms with Crippen LogP contribution in [-0.2, 0) is 11.8 Å². The first-order chi connectivity index (χ1) is 9.09. The molecular formula is C16H20N2S. The second kappa shape index (κ2) is 4.73. The predicted octanol–water partition coefficient (Wildman–Crippen LogP) is 3.81. The third-order valence-corrected chi connectivity index (χ3v) is 5.58. The van der Waals surface area contributed by atoms with Gasteiger partial charge in [0, 0.05) is 16.3 Å². The van der Waals surface area contributed by atoms with E-state index in [1.165, 1.54) is 27.6 Å². The van der Waals surface area contributed by atoms with Crippen molar-refractivity contribution in [3.8, 4) is 0 Å². The summed E-state index contributed by atoms with van der Waals surface area (Å²) in [7, 11) is 0. The van der Waals surface area contributed by atoms with E-state index in [0.717, 1.165) is 12.8 Å². The average Bonchev–Trinajstić information content (AvgIpc) is 2.86. The number of fused-ring (bicyclic) bond motifs is 1. The maximum absolute atomic E-state index is 6.21. The van der Waals surface area contributed by atoms with Gasteiger partial charge < -0.3 is 5.73 Å². The van der Waals surface area contributed by atoms with Crippen LogP contribution in [0, 0.1) is 0 Å². The zero-order chi connectivity index (χ0) is 13.5. The largest absolute Gasteiger partial charge is 0.323 e. The highest BCUT2D eigenvalue weighted by molar-refractivity contribution is 7.12. The Balaban J connectivity index is 2.03. The van der Waals surface area contributed by atoms with Crippen LogP contribution in [0.2, 0.25) is 0 Å². The lowest BCUT2D eigenvalue weighted by Gasteiger charge is -2.22. The first kappa shape index (κ1) is 12.8. The summed E-state index contributed by atoms with van der Waals surface area (Å²) in [4.78, 5) is 6.20. The molecule has 1 aliphatic carbocycles. The van der Waals surface area contributed by atoms with Crippen molar-refractivity contribution in [2.75, 3.05) is 0 Å². The number of hydrogen-bond acceptors (Lipinski definition) is 3. The second-order valence-electron chi connectivity index (χ2n) is 5.82. The van der Waals surface area contributed by atoms with E-state index in [2.05, 4.69) is 44.2 Å². The Kier molecular flexibility index (Phi) is 3.19. The van der Waals surface area contributed by atoms with Crippen molar-refractivity contribution >= 4 is 11.3 Å². The Hall–Kier alpha value is -1.19. The number of rotatable bonds is 2. The number of nitrogens with two attached hydrogens (primary N) is 1. The van der Waals surface area contributed by atoms with Crippen molar-refractivity contribution < 1.29 is 0 Å². The molecule has 0 aliphatic heterocycles. The van der Waals surface area contributed by atoms with Gasteiger partial charge in [0.2, 0.25) is 0 Å². The minimum Gasteiger partial charge on any atom is -0.323 e. The van der Waals surface area contributed by atoms with Crippen molar-refractivity contribution in [1.29, 1.82) is 0 Å². The topological polar surface area (TPSA) is 38.9 Å². The van der Waals surface area contributed by atoms with Crippen LogP contribution in [0.3, 0.4) is 0 Å². The molecule has 1 unspecified atom stereocenters. The van der Waals surface area contributed by atoms with Crippen molar-refractivity contribution in [3.05, 3.63) is 51.5 Å². The summed E-state index contributed by atoms with van der Waals surface area (Å²) in [6.45, 7) is 4.50. The van der Waals surface area contributed by atoms with E-state index in [9.17, 15) is 0 Å². The Morgan fingerprint density at radius 2 is 2.00 bits per heavy atom. The minimum atomic E-state index is -0.0387. The van der Waals surface area contributed by atoms with Gasteiger partial charge >= 0.3 is 0 Å². The summed E-state index contributed by atoms with van der Waals surface area (Å²) >= 11 is 1.81. The molecule has 0 saturated heterocycles. The molecule has 3 rings (SSSR count). The maximum Gasteiger partial charge on any atom is 0.103 e. The van der Waals surface area contributed by atoms with Gasteiger partial charge in [0.1, 0.15) is 5.01 Å². The zero-order valence-corrected chi connectivity index (χ0v) is 12.3. The molecular weight excluding hydrogens is 252 g/mol. The summed E-state index contributed by atoms with van der Waals surface area (Å²) in [6.07, 6.45) is 3.36. The SMILES string of the molecule is CC(C)(c1ccccc1)c1nc2c(s1)C(N)CCC2. The molecule has 1 aromatic heterocycles. The van der Waals surface area contributed by atoms with Crippen LogP contribution in [0.15, 0.2) is 30.3 Å². The lowest BCUT2D eigenvalue weighted by Crippen LogP contribution is -2.18. The van der Waals surface area contributed by atoms with Gasteiger partial charge in [0.15, 0.2) is 0 Å². The molecule has 0 spiro atoms. The molecule has 0 radical (unpaired) electrons. The smallest absolute Gasteiger partial charge is 0.103 e. The highest BCUT2D eigenvalue weighted by atomic mass is 32.1. The molecule has 1 aliphatic rings. The molecule has 0 bridgehead atoms. The summed E-state index contributed by atoms with van der Waals surface area (Å²) in [5, 5.41) is 1.20. The Bertz CT molecular complexity index is 572. The predicted molar refractivity (Wildman–Crippen MR) is 80.6 cm³/mol. The molecule has 19 heavy (non-hydrogen) atoms. The van der Waals surface area contributed by atoms with Crippen LogP contribution in [0.25, 0.3) is 0 Å². The fraction of sp³-hybridized carbons (Fsp3) is 0.438. The van der Waals surface area contributed by atoms with Gasteiger partial charge in [-0.05, 0) is 38.7 Å². The highest BCUT2D eigenvalue weighted by Crippen LogP contribution is 2.39. The van der Waals surface area contributed by atoms with Gasteiger partial charge in [-0.2, -0.15) is 0 Å². The molecule has 2 N–H and O–H groups in total. The standard InChI is InChI=1S/C16H20N2S/c1-16(2,11-7-4-3-5-8-11)15-18-13-10-6-9-12(17)14(13)19-15/h3-5,7-8,12H,6,9-10,17H2,1-2H3. The number of aromatic nitrogens is 1. The summed E-state index contributed by atoms with van der Waals surface area (Å²) in [6, 6.07) is 10.8. The molecule has 2 nitrogen and oxygen atoms in total. The molecule has 2 aromatic rings. The molecule has 1 aromatic carbocycles. The van der Waals surface area contributed by atoms with Crippen LogP contribution >= 0.6 is 11.3 Å². The van der Waals surface area contributed by atoms with Crippen LogP contribution in [0.4, 0.5) is 0 Å². The summed E-state index contributed by atoms with van der Waals surface area (Å²) in [5.41, 5.74) is 8.73. The van der Waals surface area contributed by atoms with E-state index in [0.29, 0.717) is 0 Å². The van der Waals surface area contributed by atoms with Crippen LogP contribution in [0.5, 0.6) is 0 Å². The van der Waals surface area contributed by atoms with Crippen molar-refractivity contribution in [1.82, 2.24) is 4.98 Å². The Morgan fingerprint density at radius 1 is 1.26 bits per heavy atom. The molecule has 0 amide bonds. The lowest BCUT2D eigenvalue weighted by molar-refractivity contribution is 0.569. The van der Waals surface area contributed by atoms with Crippen LogP contribution in [0.1, 0.15) is 53.9 Å². The zero-order valence-electron chi connectivity index (χ0n) is 11.5. The van der Waals surface area contributed by atoms with Gasteiger partial charge in [-0.25, -0.2) is 4.98 Å².